The number of rotatable bonds is 10. The number of hydrogen-bond donors (Lipinski definition) is 1. The van der Waals surface area contributed by atoms with E-state index in [-0.39, 0.29) is 23.4 Å². The Morgan fingerprint density at radius 3 is 2.24 bits per heavy atom. The number of halogens is 2. The fraction of sp³-hybridized carbons (Fsp3) is 0.391. The molecular formula is C23H29Cl2N3O4S. The molecule has 0 heterocycles. The van der Waals surface area contributed by atoms with E-state index in [4.69, 9.17) is 23.2 Å². The molecule has 0 unspecified atom stereocenters. The molecule has 2 aromatic rings. The van der Waals surface area contributed by atoms with Crippen molar-refractivity contribution in [2.24, 2.45) is 0 Å². The Balaban J connectivity index is 2.27. The first-order valence-corrected chi connectivity index (χ1v) is 12.7. The third-order valence-corrected chi connectivity index (χ3v) is 7.59. The number of benzene rings is 2. The summed E-state index contributed by atoms with van der Waals surface area (Å²) in [5.74, 6) is -0.829. The highest BCUT2D eigenvalue weighted by atomic mass is 35.5. The topological polar surface area (TPSA) is 86.8 Å². The predicted octanol–water partition coefficient (Wildman–Crippen LogP) is 3.95. The Bertz CT molecular complexity index is 1080. The van der Waals surface area contributed by atoms with Gasteiger partial charge in [0, 0.05) is 29.7 Å². The van der Waals surface area contributed by atoms with Crippen molar-refractivity contribution in [3.05, 3.63) is 64.1 Å². The van der Waals surface area contributed by atoms with Crippen LogP contribution in [0.3, 0.4) is 0 Å². The molecule has 0 saturated heterocycles. The molecule has 0 fully saturated rings. The average Bonchev–Trinajstić information content (AvgIpc) is 2.77. The van der Waals surface area contributed by atoms with Gasteiger partial charge in [-0.25, -0.2) is 8.42 Å². The van der Waals surface area contributed by atoms with Crippen LogP contribution in [0.2, 0.25) is 10.0 Å². The number of amides is 2. The number of carbonyl (C=O) groups excluding carboxylic acids is 2. The second-order valence-corrected chi connectivity index (χ2v) is 10.8. The Morgan fingerprint density at radius 1 is 1.03 bits per heavy atom. The Kier molecular flexibility index (Phi) is 9.72. The first-order chi connectivity index (χ1) is 15.4. The molecule has 2 rings (SSSR count). The summed E-state index contributed by atoms with van der Waals surface area (Å²) < 4.78 is 26.8. The van der Waals surface area contributed by atoms with Gasteiger partial charge in [0.2, 0.25) is 21.8 Å². The number of likely N-dealkylation sites (N-methyl/N-ethyl adjacent to an activating group) is 1. The van der Waals surface area contributed by atoms with Crippen LogP contribution in [0, 0.1) is 0 Å². The van der Waals surface area contributed by atoms with Gasteiger partial charge in [0.1, 0.15) is 6.04 Å². The summed E-state index contributed by atoms with van der Waals surface area (Å²) in [6.07, 6.45) is 0.739. The minimum atomic E-state index is -3.93. The molecule has 0 aliphatic heterocycles. The quantitative estimate of drug-likeness (QED) is 0.521. The first-order valence-electron chi connectivity index (χ1n) is 10.5. The Labute approximate surface area is 205 Å². The summed E-state index contributed by atoms with van der Waals surface area (Å²) in [6.45, 7) is 5.10. The molecule has 0 spiro atoms. The highest BCUT2D eigenvalue weighted by molar-refractivity contribution is 7.89. The summed E-state index contributed by atoms with van der Waals surface area (Å²) >= 11 is 11.9. The standard InChI is InChI=1S/C23H29Cl2N3O4S/c1-5-16(2)26-23(30)17(3)28(14-18-7-6-8-20(25)13-18)22(29)15-27(4)33(31,32)21-11-9-19(24)10-12-21/h6-13,16-17H,5,14-15H2,1-4H3,(H,26,30)/t16-,17-/m0/s1. The maximum Gasteiger partial charge on any atom is 0.243 e. The van der Waals surface area contributed by atoms with E-state index in [2.05, 4.69) is 5.32 Å². The zero-order valence-electron chi connectivity index (χ0n) is 19.1. The fourth-order valence-corrected chi connectivity index (χ4v) is 4.49. The molecule has 0 bridgehead atoms. The fourth-order valence-electron chi connectivity index (χ4n) is 3.03. The van der Waals surface area contributed by atoms with Crippen molar-refractivity contribution in [1.29, 1.82) is 0 Å². The highest BCUT2D eigenvalue weighted by Gasteiger charge is 2.30. The van der Waals surface area contributed by atoms with Crippen molar-refractivity contribution < 1.29 is 18.0 Å². The van der Waals surface area contributed by atoms with Crippen molar-refractivity contribution in [2.45, 2.75) is 50.7 Å². The van der Waals surface area contributed by atoms with Crippen molar-refractivity contribution >= 4 is 45.0 Å². The van der Waals surface area contributed by atoms with Crippen LogP contribution in [0.25, 0.3) is 0 Å². The molecule has 10 heteroatoms. The van der Waals surface area contributed by atoms with Gasteiger partial charge in [0.05, 0.1) is 11.4 Å². The van der Waals surface area contributed by atoms with Gasteiger partial charge < -0.3 is 10.2 Å². The molecule has 33 heavy (non-hydrogen) atoms. The SMILES string of the molecule is CC[C@H](C)NC(=O)[C@H](C)N(Cc1cccc(Cl)c1)C(=O)CN(C)S(=O)(=O)c1ccc(Cl)cc1. The van der Waals surface area contributed by atoms with Gasteiger partial charge in [-0.3, -0.25) is 9.59 Å². The van der Waals surface area contributed by atoms with Crippen LogP contribution in [0.4, 0.5) is 0 Å². The Morgan fingerprint density at radius 2 is 1.67 bits per heavy atom. The van der Waals surface area contributed by atoms with Gasteiger partial charge >= 0.3 is 0 Å². The second kappa shape index (κ2) is 11.8. The number of nitrogens with one attached hydrogen (secondary N) is 1. The van der Waals surface area contributed by atoms with Crippen LogP contribution < -0.4 is 5.32 Å². The zero-order valence-corrected chi connectivity index (χ0v) is 21.4. The number of hydrogen-bond acceptors (Lipinski definition) is 4. The predicted molar refractivity (Wildman–Crippen MR) is 131 cm³/mol. The van der Waals surface area contributed by atoms with Crippen LogP contribution in [-0.2, 0) is 26.2 Å². The molecular weight excluding hydrogens is 485 g/mol. The minimum absolute atomic E-state index is 0.0196. The molecule has 0 aromatic heterocycles. The van der Waals surface area contributed by atoms with Gasteiger partial charge in [-0.2, -0.15) is 4.31 Å². The molecule has 7 nitrogen and oxygen atoms in total. The summed E-state index contributed by atoms with van der Waals surface area (Å²) in [5, 5.41) is 3.78. The maximum absolute atomic E-state index is 13.3. The third kappa shape index (κ3) is 7.43. The van der Waals surface area contributed by atoms with Crippen LogP contribution in [0.1, 0.15) is 32.8 Å². The van der Waals surface area contributed by atoms with Gasteiger partial charge in [0.15, 0.2) is 0 Å². The lowest BCUT2D eigenvalue weighted by molar-refractivity contribution is -0.140. The van der Waals surface area contributed by atoms with Crippen molar-refractivity contribution in [1.82, 2.24) is 14.5 Å². The maximum atomic E-state index is 13.3. The lowest BCUT2D eigenvalue weighted by atomic mass is 10.1. The van der Waals surface area contributed by atoms with Crippen LogP contribution in [0.5, 0.6) is 0 Å². The van der Waals surface area contributed by atoms with Gasteiger partial charge in [-0.05, 0) is 62.2 Å². The summed E-state index contributed by atoms with van der Waals surface area (Å²) in [6, 6.07) is 11.8. The van der Waals surface area contributed by atoms with Crippen LogP contribution in [0.15, 0.2) is 53.4 Å². The van der Waals surface area contributed by atoms with Crippen LogP contribution >= 0.6 is 23.2 Å². The van der Waals surface area contributed by atoms with Gasteiger partial charge in [0.25, 0.3) is 0 Å². The second-order valence-electron chi connectivity index (χ2n) is 7.86. The molecule has 0 radical (unpaired) electrons. The molecule has 1 N–H and O–H groups in total. The molecule has 2 aromatic carbocycles. The largest absolute Gasteiger partial charge is 0.352 e. The van der Waals surface area contributed by atoms with E-state index in [1.54, 1.807) is 31.2 Å². The van der Waals surface area contributed by atoms with E-state index < -0.39 is 28.5 Å². The smallest absolute Gasteiger partial charge is 0.243 e. The molecule has 2 amide bonds. The van der Waals surface area contributed by atoms with E-state index in [0.29, 0.717) is 10.0 Å². The third-order valence-electron chi connectivity index (χ3n) is 5.29. The monoisotopic (exact) mass is 513 g/mol. The van der Waals surface area contributed by atoms with E-state index in [1.165, 1.54) is 36.2 Å². The molecule has 0 saturated carbocycles. The van der Waals surface area contributed by atoms with E-state index >= 15 is 0 Å². The average molecular weight is 514 g/mol. The molecule has 0 aliphatic rings. The van der Waals surface area contributed by atoms with E-state index in [0.717, 1.165) is 16.3 Å². The lowest BCUT2D eigenvalue weighted by Crippen LogP contribution is -2.51. The minimum Gasteiger partial charge on any atom is -0.352 e. The molecule has 0 aliphatic carbocycles. The van der Waals surface area contributed by atoms with E-state index in [9.17, 15) is 18.0 Å². The summed E-state index contributed by atoms with van der Waals surface area (Å²) in [7, 11) is -2.60. The lowest BCUT2D eigenvalue weighted by Gasteiger charge is -2.31. The first kappa shape index (κ1) is 27.1. The van der Waals surface area contributed by atoms with E-state index in [1.807, 2.05) is 13.8 Å². The summed E-state index contributed by atoms with van der Waals surface area (Å²) in [5.41, 5.74) is 0.724. The number of carbonyl (C=O) groups is 2. The number of nitrogens with zero attached hydrogens (tertiary/aromatic N) is 2. The Hall–Kier alpha value is -2.13. The molecule has 180 valence electrons. The van der Waals surface area contributed by atoms with Crippen LogP contribution in [-0.4, -0.2) is 55.1 Å². The highest BCUT2D eigenvalue weighted by Crippen LogP contribution is 2.19. The number of sulfonamides is 1. The summed E-state index contributed by atoms with van der Waals surface area (Å²) in [4.78, 5) is 27.4. The van der Waals surface area contributed by atoms with Crippen molar-refractivity contribution in [3.8, 4) is 0 Å². The normalized spacial score (nSPS) is 13.4. The van der Waals surface area contributed by atoms with Crippen molar-refractivity contribution in [2.75, 3.05) is 13.6 Å². The zero-order chi connectivity index (χ0) is 24.8. The van der Waals surface area contributed by atoms with Gasteiger partial charge in [-0.15, -0.1) is 0 Å². The molecule has 2 atom stereocenters. The van der Waals surface area contributed by atoms with Crippen molar-refractivity contribution in [3.63, 3.8) is 0 Å². The van der Waals surface area contributed by atoms with Gasteiger partial charge in [-0.1, -0.05) is 42.3 Å².